The summed E-state index contributed by atoms with van der Waals surface area (Å²) in [6.45, 7) is 0. The molecule has 0 atom stereocenters. The number of hydrogen-bond acceptors (Lipinski definition) is 10. The van der Waals surface area contributed by atoms with E-state index in [9.17, 15) is 9.59 Å². The molecule has 0 saturated carbocycles. The Morgan fingerprint density at radius 1 is 0.688 bits per heavy atom. The Bertz CT molecular complexity index is 1200. The van der Waals surface area contributed by atoms with Crippen LogP contribution in [-0.4, -0.2) is 56.5 Å². The van der Waals surface area contributed by atoms with Crippen molar-refractivity contribution in [1.29, 1.82) is 0 Å². The summed E-state index contributed by atoms with van der Waals surface area (Å²) in [5, 5.41) is 15.2. The van der Waals surface area contributed by atoms with E-state index in [2.05, 4.69) is 39.8 Å². The lowest BCUT2D eigenvalue weighted by Gasteiger charge is -1.96. The van der Waals surface area contributed by atoms with Gasteiger partial charge in [0.15, 0.2) is 0 Å². The summed E-state index contributed by atoms with van der Waals surface area (Å²) < 4.78 is 8.99. The molecule has 2 heterocycles. The summed E-state index contributed by atoms with van der Waals surface area (Å²) in [7, 11) is 2.68. The molecule has 0 unspecified atom stereocenters. The minimum absolute atomic E-state index is 0.388. The van der Waals surface area contributed by atoms with Gasteiger partial charge in [-0.15, -0.1) is 20.4 Å². The monoisotopic (exact) mass is 430 g/mol. The molecule has 2 aromatic heterocycles. The Labute approximate surface area is 182 Å². The molecule has 0 aliphatic carbocycles. The Kier molecular flexibility index (Phi) is 7.58. The average molecular weight is 430 g/mol. The fourth-order valence-corrected chi connectivity index (χ4v) is 2.48. The van der Waals surface area contributed by atoms with E-state index >= 15 is 0 Å². The standard InChI is InChI=1S/2C11H9N3O2/c2*1-16-11(15)5-3-8-2-4-9-10(6-8)12-7-13-14-9/h2*2-7H,1H3/b5-3+;5-3-. The molecule has 160 valence electrons. The highest BCUT2D eigenvalue weighted by Crippen LogP contribution is 2.12. The molecule has 0 aliphatic heterocycles. The average Bonchev–Trinajstić information content (AvgIpc) is 2.85. The first-order chi connectivity index (χ1) is 15.6. The van der Waals surface area contributed by atoms with Crippen LogP contribution in [0.15, 0.2) is 61.2 Å². The molecule has 32 heavy (non-hydrogen) atoms. The molecule has 0 fully saturated rings. The molecule has 10 heteroatoms. The first-order valence-corrected chi connectivity index (χ1v) is 9.26. The van der Waals surface area contributed by atoms with Crippen molar-refractivity contribution in [3.8, 4) is 0 Å². The first kappa shape index (κ1) is 22.1. The molecule has 0 aliphatic rings. The predicted molar refractivity (Wildman–Crippen MR) is 117 cm³/mol. The van der Waals surface area contributed by atoms with E-state index in [1.165, 1.54) is 39.0 Å². The van der Waals surface area contributed by atoms with Crippen molar-refractivity contribution in [3.63, 3.8) is 0 Å². The van der Waals surface area contributed by atoms with Gasteiger partial charge in [0.25, 0.3) is 0 Å². The normalized spacial score (nSPS) is 10.8. The van der Waals surface area contributed by atoms with E-state index in [4.69, 9.17) is 0 Å². The van der Waals surface area contributed by atoms with Crippen LogP contribution in [0.3, 0.4) is 0 Å². The maximum absolute atomic E-state index is 10.9. The Morgan fingerprint density at radius 3 is 1.53 bits per heavy atom. The lowest BCUT2D eigenvalue weighted by atomic mass is 10.2. The summed E-state index contributed by atoms with van der Waals surface area (Å²) in [5.41, 5.74) is 4.64. The van der Waals surface area contributed by atoms with Crippen LogP contribution in [0.2, 0.25) is 0 Å². The molecule has 0 saturated heterocycles. The number of nitrogens with zero attached hydrogens (tertiary/aromatic N) is 6. The van der Waals surface area contributed by atoms with Gasteiger partial charge in [-0.3, -0.25) is 0 Å². The highest BCUT2D eigenvalue weighted by atomic mass is 16.5. The zero-order valence-electron chi connectivity index (χ0n) is 17.2. The van der Waals surface area contributed by atoms with Crippen molar-refractivity contribution in [2.75, 3.05) is 14.2 Å². The number of rotatable bonds is 4. The van der Waals surface area contributed by atoms with Gasteiger partial charge < -0.3 is 9.47 Å². The number of methoxy groups -OCH3 is 2. The third-order valence-electron chi connectivity index (χ3n) is 4.05. The zero-order chi connectivity index (χ0) is 22.8. The number of benzene rings is 2. The molecule has 0 N–H and O–H groups in total. The minimum Gasteiger partial charge on any atom is -0.466 e. The summed E-state index contributed by atoms with van der Waals surface area (Å²) >= 11 is 0. The van der Waals surface area contributed by atoms with E-state index < -0.39 is 0 Å². The van der Waals surface area contributed by atoms with Crippen molar-refractivity contribution in [3.05, 3.63) is 72.3 Å². The molecule has 0 bridgehead atoms. The number of hydrogen-bond donors (Lipinski definition) is 0. The maximum atomic E-state index is 10.9. The van der Waals surface area contributed by atoms with Crippen LogP contribution >= 0.6 is 0 Å². The largest absolute Gasteiger partial charge is 0.466 e. The van der Waals surface area contributed by atoms with Crippen LogP contribution in [0.25, 0.3) is 34.2 Å². The lowest BCUT2D eigenvalue weighted by molar-refractivity contribution is -0.135. The van der Waals surface area contributed by atoms with Crippen molar-refractivity contribution in [1.82, 2.24) is 30.4 Å². The van der Waals surface area contributed by atoms with Crippen molar-refractivity contribution in [2.45, 2.75) is 0 Å². The molecular formula is C22H18N6O4. The number of carbonyl (C=O) groups is 2. The van der Waals surface area contributed by atoms with Gasteiger partial charge in [0.05, 0.1) is 25.3 Å². The van der Waals surface area contributed by atoms with Crippen LogP contribution in [0.5, 0.6) is 0 Å². The second-order valence-electron chi connectivity index (χ2n) is 6.13. The van der Waals surface area contributed by atoms with Crippen LogP contribution in [-0.2, 0) is 19.1 Å². The summed E-state index contributed by atoms with van der Waals surface area (Å²) in [6, 6.07) is 10.9. The van der Waals surface area contributed by atoms with Gasteiger partial charge in [0.2, 0.25) is 0 Å². The molecule has 10 nitrogen and oxygen atoms in total. The van der Waals surface area contributed by atoms with E-state index in [0.29, 0.717) is 0 Å². The summed E-state index contributed by atoms with van der Waals surface area (Å²) in [5.74, 6) is -0.776. The zero-order valence-corrected chi connectivity index (χ0v) is 17.2. The fraction of sp³-hybridized carbons (Fsp3) is 0.0909. The SMILES string of the molecule is COC(=O)/C=C/c1ccc2nncnc2c1.COC(=O)/C=C\c1ccc2nncnc2c1. The maximum Gasteiger partial charge on any atom is 0.330 e. The van der Waals surface area contributed by atoms with E-state index in [1.54, 1.807) is 24.3 Å². The summed E-state index contributed by atoms with van der Waals surface area (Å²) in [4.78, 5) is 29.9. The number of esters is 2. The molecule has 0 spiro atoms. The smallest absolute Gasteiger partial charge is 0.330 e. The van der Waals surface area contributed by atoms with E-state index in [1.807, 2.05) is 24.3 Å². The quantitative estimate of drug-likeness (QED) is 0.351. The molecular weight excluding hydrogens is 412 g/mol. The van der Waals surface area contributed by atoms with Gasteiger partial charge >= 0.3 is 11.9 Å². The molecule has 0 amide bonds. The number of carbonyl (C=O) groups excluding carboxylic acids is 2. The predicted octanol–water partition coefficient (Wildman–Crippen LogP) is 2.42. The van der Waals surface area contributed by atoms with Gasteiger partial charge in [-0.1, -0.05) is 12.1 Å². The van der Waals surface area contributed by atoms with E-state index in [-0.39, 0.29) is 11.9 Å². The topological polar surface area (TPSA) is 130 Å². The lowest BCUT2D eigenvalue weighted by Crippen LogP contribution is -1.93. The first-order valence-electron chi connectivity index (χ1n) is 9.26. The molecule has 4 rings (SSSR count). The van der Waals surface area contributed by atoms with Crippen LogP contribution in [0.1, 0.15) is 11.1 Å². The second kappa shape index (κ2) is 11.0. The van der Waals surface area contributed by atoms with Crippen molar-refractivity contribution in [2.24, 2.45) is 0 Å². The third-order valence-corrected chi connectivity index (χ3v) is 4.05. The van der Waals surface area contributed by atoms with Gasteiger partial charge in [-0.25, -0.2) is 19.6 Å². The number of aromatic nitrogens is 6. The van der Waals surface area contributed by atoms with Gasteiger partial charge in [0, 0.05) is 12.2 Å². The Morgan fingerprint density at radius 2 is 1.12 bits per heavy atom. The van der Waals surface area contributed by atoms with Gasteiger partial charge in [-0.2, -0.15) is 0 Å². The Hall–Kier alpha value is -4.60. The molecule has 4 aromatic rings. The number of ether oxygens (including phenoxy) is 2. The van der Waals surface area contributed by atoms with Crippen molar-refractivity contribution < 1.29 is 19.1 Å². The highest BCUT2D eigenvalue weighted by Gasteiger charge is 1.98. The van der Waals surface area contributed by atoms with E-state index in [0.717, 1.165) is 33.2 Å². The highest BCUT2D eigenvalue weighted by molar-refractivity contribution is 5.88. The van der Waals surface area contributed by atoms with Crippen LogP contribution in [0, 0.1) is 0 Å². The summed E-state index contributed by atoms with van der Waals surface area (Å²) in [6.07, 6.45) is 8.80. The fourth-order valence-electron chi connectivity index (χ4n) is 2.48. The van der Waals surface area contributed by atoms with Gasteiger partial charge in [0.1, 0.15) is 23.7 Å². The second-order valence-corrected chi connectivity index (χ2v) is 6.13. The molecule has 2 aromatic carbocycles. The van der Waals surface area contributed by atoms with Crippen LogP contribution < -0.4 is 0 Å². The molecule has 0 radical (unpaired) electrons. The minimum atomic E-state index is -0.388. The Balaban J connectivity index is 0.000000181. The third kappa shape index (κ3) is 6.20. The van der Waals surface area contributed by atoms with Crippen LogP contribution in [0.4, 0.5) is 0 Å². The van der Waals surface area contributed by atoms with Crippen molar-refractivity contribution >= 4 is 46.2 Å². The number of fused-ring (bicyclic) bond motifs is 2. The van der Waals surface area contributed by atoms with Gasteiger partial charge in [-0.05, 0) is 47.5 Å².